The van der Waals surface area contributed by atoms with Gasteiger partial charge in [-0.05, 0) is 43.0 Å². The maximum absolute atomic E-state index is 12.1. The standard InChI is InChI=1S/C17H25NO4/c1-4-5-10-22-14-8-6-13(7-9-14)16(19)18-15(17(20)21)11-12(2)3/h6-9,12,15H,4-5,10-11H2,1-3H3,(H,18,19)(H,20,21). The summed E-state index contributed by atoms with van der Waals surface area (Å²) in [4.78, 5) is 23.3. The van der Waals surface area contributed by atoms with Crippen LogP contribution < -0.4 is 10.1 Å². The molecule has 0 aromatic heterocycles. The Morgan fingerprint density at radius 3 is 2.36 bits per heavy atom. The summed E-state index contributed by atoms with van der Waals surface area (Å²) in [6.45, 7) is 6.58. The molecule has 0 radical (unpaired) electrons. The molecular formula is C17H25NO4. The highest BCUT2D eigenvalue weighted by atomic mass is 16.5. The van der Waals surface area contributed by atoms with E-state index >= 15 is 0 Å². The molecular weight excluding hydrogens is 282 g/mol. The van der Waals surface area contributed by atoms with Gasteiger partial charge in [0.05, 0.1) is 6.61 Å². The van der Waals surface area contributed by atoms with Crippen LogP contribution in [0.3, 0.4) is 0 Å². The van der Waals surface area contributed by atoms with Crippen molar-refractivity contribution in [1.82, 2.24) is 5.32 Å². The van der Waals surface area contributed by atoms with Crippen LogP contribution in [0.1, 0.15) is 50.4 Å². The van der Waals surface area contributed by atoms with E-state index in [-0.39, 0.29) is 11.8 Å². The first-order valence-electron chi connectivity index (χ1n) is 7.70. The summed E-state index contributed by atoms with van der Waals surface area (Å²) in [7, 11) is 0. The van der Waals surface area contributed by atoms with Gasteiger partial charge in [-0.15, -0.1) is 0 Å². The van der Waals surface area contributed by atoms with Crippen molar-refractivity contribution in [2.45, 2.75) is 46.1 Å². The summed E-state index contributed by atoms with van der Waals surface area (Å²) >= 11 is 0. The normalized spacial score (nSPS) is 12.0. The van der Waals surface area contributed by atoms with E-state index in [2.05, 4.69) is 12.2 Å². The predicted octanol–water partition coefficient (Wildman–Crippen LogP) is 3.09. The lowest BCUT2D eigenvalue weighted by Gasteiger charge is -2.16. The van der Waals surface area contributed by atoms with Gasteiger partial charge >= 0.3 is 5.97 Å². The first kappa shape index (κ1) is 18.0. The fraction of sp³-hybridized carbons (Fsp3) is 0.529. The van der Waals surface area contributed by atoms with Gasteiger partial charge in [-0.2, -0.15) is 0 Å². The third-order valence-electron chi connectivity index (χ3n) is 3.19. The predicted molar refractivity (Wildman–Crippen MR) is 85.2 cm³/mol. The minimum Gasteiger partial charge on any atom is -0.494 e. The number of carboxylic acids is 1. The molecule has 0 spiro atoms. The van der Waals surface area contributed by atoms with Crippen molar-refractivity contribution in [1.29, 1.82) is 0 Å². The van der Waals surface area contributed by atoms with Gasteiger partial charge in [0.2, 0.25) is 0 Å². The number of hydrogen-bond acceptors (Lipinski definition) is 3. The van der Waals surface area contributed by atoms with Crippen LogP contribution in [-0.2, 0) is 4.79 Å². The number of unbranched alkanes of at least 4 members (excludes halogenated alkanes) is 1. The SMILES string of the molecule is CCCCOc1ccc(C(=O)NC(CC(C)C)C(=O)O)cc1. The molecule has 1 rings (SSSR count). The zero-order valence-electron chi connectivity index (χ0n) is 13.5. The first-order chi connectivity index (χ1) is 10.4. The molecule has 0 saturated heterocycles. The molecule has 0 fully saturated rings. The second-order valence-electron chi connectivity index (χ2n) is 5.72. The smallest absolute Gasteiger partial charge is 0.326 e. The highest BCUT2D eigenvalue weighted by molar-refractivity contribution is 5.96. The Balaban J connectivity index is 2.62. The number of carbonyl (C=O) groups excluding carboxylic acids is 1. The molecule has 1 atom stereocenters. The Labute approximate surface area is 131 Å². The van der Waals surface area contributed by atoms with Crippen LogP contribution >= 0.6 is 0 Å². The van der Waals surface area contributed by atoms with Crippen LogP contribution in [-0.4, -0.2) is 29.6 Å². The quantitative estimate of drug-likeness (QED) is 0.687. The Kier molecular flexibility index (Phi) is 7.43. The molecule has 5 nitrogen and oxygen atoms in total. The Morgan fingerprint density at radius 1 is 1.23 bits per heavy atom. The van der Waals surface area contributed by atoms with Gasteiger partial charge in [-0.1, -0.05) is 27.2 Å². The number of amides is 1. The summed E-state index contributed by atoms with van der Waals surface area (Å²) < 4.78 is 5.53. The van der Waals surface area contributed by atoms with Crippen molar-refractivity contribution in [2.24, 2.45) is 5.92 Å². The molecule has 0 aliphatic heterocycles. The van der Waals surface area contributed by atoms with Gasteiger partial charge in [-0.3, -0.25) is 4.79 Å². The molecule has 0 saturated carbocycles. The molecule has 0 heterocycles. The van der Waals surface area contributed by atoms with E-state index in [4.69, 9.17) is 9.84 Å². The summed E-state index contributed by atoms with van der Waals surface area (Å²) in [5.41, 5.74) is 0.429. The van der Waals surface area contributed by atoms with Gasteiger partial charge in [0, 0.05) is 5.56 Å². The fourth-order valence-corrected chi connectivity index (χ4v) is 1.97. The van der Waals surface area contributed by atoms with Crippen molar-refractivity contribution in [3.63, 3.8) is 0 Å². The lowest BCUT2D eigenvalue weighted by atomic mass is 10.0. The molecule has 1 aromatic rings. The van der Waals surface area contributed by atoms with E-state index in [1.807, 2.05) is 13.8 Å². The number of carbonyl (C=O) groups is 2. The molecule has 2 N–H and O–H groups in total. The third kappa shape index (κ3) is 6.16. The lowest BCUT2D eigenvalue weighted by Crippen LogP contribution is -2.41. The number of carboxylic acid groups (broad SMARTS) is 1. The summed E-state index contributed by atoms with van der Waals surface area (Å²) in [5, 5.41) is 11.7. The molecule has 1 unspecified atom stereocenters. The van der Waals surface area contributed by atoms with E-state index in [1.54, 1.807) is 24.3 Å². The van der Waals surface area contributed by atoms with Crippen molar-refractivity contribution < 1.29 is 19.4 Å². The molecule has 0 aliphatic carbocycles. The molecule has 0 aliphatic rings. The van der Waals surface area contributed by atoms with Crippen molar-refractivity contribution >= 4 is 11.9 Å². The van der Waals surface area contributed by atoms with Crippen LogP contribution in [0.25, 0.3) is 0 Å². The minimum atomic E-state index is -1.01. The van der Waals surface area contributed by atoms with Gasteiger partial charge in [0.1, 0.15) is 11.8 Å². The van der Waals surface area contributed by atoms with Crippen LogP contribution in [0.2, 0.25) is 0 Å². The largest absolute Gasteiger partial charge is 0.494 e. The first-order valence-corrected chi connectivity index (χ1v) is 7.70. The van der Waals surface area contributed by atoms with Gasteiger partial charge < -0.3 is 15.2 Å². The molecule has 1 aromatic carbocycles. The Hall–Kier alpha value is -2.04. The highest BCUT2D eigenvalue weighted by Gasteiger charge is 2.21. The van der Waals surface area contributed by atoms with Crippen LogP contribution in [0.5, 0.6) is 5.75 Å². The van der Waals surface area contributed by atoms with Gasteiger partial charge in [0.15, 0.2) is 0 Å². The average molecular weight is 307 g/mol. The lowest BCUT2D eigenvalue weighted by molar-refractivity contribution is -0.139. The number of aliphatic carboxylic acids is 1. The van der Waals surface area contributed by atoms with E-state index in [0.29, 0.717) is 24.3 Å². The van der Waals surface area contributed by atoms with Crippen molar-refractivity contribution in [3.8, 4) is 5.75 Å². The third-order valence-corrected chi connectivity index (χ3v) is 3.19. The molecule has 122 valence electrons. The zero-order valence-corrected chi connectivity index (χ0v) is 13.5. The fourth-order valence-electron chi connectivity index (χ4n) is 1.97. The number of ether oxygens (including phenoxy) is 1. The number of nitrogens with one attached hydrogen (secondary N) is 1. The summed E-state index contributed by atoms with van der Waals surface area (Å²) in [5.74, 6) is -0.493. The summed E-state index contributed by atoms with van der Waals surface area (Å²) in [6.07, 6.45) is 2.45. The van der Waals surface area contributed by atoms with E-state index < -0.39 is 12.0 Å². The van der Waals surface area contributed by atoms with E-state index in [9.17, 15) is 9.59 Å². The molecule has 5 heteroatoms. The zero-order chi connectivity index (χ0) is 16.5. The molecule has 1 amide bonds. The second kappa shape index (κ2) is 9.07. The molecule has 0 bridgehead atoms. The monoisotopic (exact) mass is 307 g/mol. The van der Waals surface area contributed by atoms with Crippen molar-refractivity contribution in [2.75, 3.05) is 6.61 Å². The minimum absolute atomic E-state index is 0.191. The van der Waals surface area contributed by atoms with Crippen LogP contribution in [0.4, 0.5) is 0 Å². The second-order valence-corrected chi connectivity index (χ2v) is 5.72. The maximum Gasteiger partial charge on any atom is 0.326 e. The Morgan fingerprint density at radius 2 is 1.86 bits per heavy atom. The number of rotatable bonds is 9. The van der Waals surface area contributed by atoms with Crippen LogP contribution in [0.15, 0.2) is 24.3 Å². The average Bonchev–Trinajstić information content (AvgIpc) is 2.47. The van der Waals surface area contributed by atoms with E-state index in [0.717, 1.165) is 12.8 Å². The maximum atomic E-state index is 12.1. The van der Waals surface area contributed by atoms with Gasteiger partial charge in [-0.25, -0.2) is 4.79 Å². The number of benzene rings is 1. The van der Waals surface area contributed by atoms with Gasteiger partial charge in [0.25, 0.3) is 5.91 Å². The Bertz CT molecular complexity index is 482. The van der Waals surface area contributed by atoms with Crippen molar-refractivity contribution in [3.05, 3.63) is 29.8 Å². The topological polar surface area (TPSA) is 75.6 Å². The van der Waals surface area contributed by atoms with Crippen LogP contribution in [0, 0.1) is 5.92 Å². The summed E-state index contributed by atoms with van der Waals surface area (Å²) in [6, 6.07) is 5.87. The molecule has 22 heavy (non-hydrogen) atoms. The number of hydrogen-bond donors (Lipinski definition) is 2. The highest BCUT2D eigenvalue weighted by Crippen LogP contribution is 2.13. The van der Waals surface area contributed by atoms with E-state index in [1.165, 1.54) is 0 Å².